The normalized spacial score (nSPS) is 12.7. The second-order valence-corrected chi connectivity index (χ2v) is 7.71. The van der Waals surface area contributed by atoms with E-state index in [0.717, 1.165) is 21.5 Å². The van der Waals surface area contributed by atoms with Crippen LogP contribution < -0.4 is 11.1 Å². The van der Waals surface area contributed by atoms with E-state index in [4.69, 9.17) is 5.73 Å². The van der Waals surface area contributed by atoms with Crippen molar-refractivity contribution in [1.29, 1.82) is 0 Å². The zero-order valence-corrected chi connectivity index (χ0v) is 15.9. The summed E-state index contributed by atoms with van der Waals surface area (Å²) in [7, 11) is 1.89. The highest BCUT2D eigenvalue weighted by Gasteiger charge is 2.16. The molecule has 0 spiro atoms. The summed E-state index contributed by atoms with van der Waals surface area (Å²) >= 11 is 1.45. The van der Waals surface area contributed by atoms with Gasteiger partial charge in [0, 0.05) is 25.0 Å². The number of nitrogens with two attached hydrogens (primary N) is 1. The highest BCUT2D eigenvalue weighted by atomic mass is 32.1. The number of hydrogen-bond donors (Lipinski definition) is 2. The topological polar surface area (TPSA) is 72.9 Å². The maximum atomic E-state index is 12.4. The van der Waals surface area contributed by atoms with E-state index in [1.807, 2.05) is 36.9 Å². The number of carbonyl (C=O) groups is 1. The first-order chi connectivity index (χ1) is 11.9. The maximum Gasteiger partial charge on any atom is 0.261 e. The molecule has 3 aromatic rings. The Balaban J connectivity index is 1.65. The number of hydrogen-bond acceptors (Lipinski definition) is 4. The van der Waals surface area contributed by atoms with Gasteiger partial charge in [0.05, 0.1) is 10.6 Å². The van der Waals surface area contributed by atoms with Crippen molar-refractivity contribution in [2.24, 2.45) is 12.8 Å². The molecule has 6 heteroatoms. The molecule has 0 radical (unpaired) electrons. The Bertz CT molecular complexity index is 858. The molecule has 0 aliphatic rings. The second kappa shape index (κ2) is 6.98. The van der Waals surface area contributed by atoms with Crippen molar-refractivity contribution >= 4 is 27.5 Å². The number of nitrogens with zero attached hydrogens (tertiary/aromatic N) is 2. The molecule has 2 aromatic heterocycles. The van der Waals surface area contributed by atoms with E-state index in [9.17, 15) is 4.79 Å². The fraction of sp³-hybridized carbons (Fsp3) is 0.368. The van der Waals surface area contributed by atoms with Crippen LogP contribution in [0.5, 0.6) is 0 Å². The number of benzene rings is 1. The molecule has 1 unspecified atom stereocenters. The van der Waals surface area contributed by atoms with Crippen LogP contribution in [0.25, 0.3) is 10.2 Å². The van der Waals surface area contributed by atoms with Gasteiger partial charge in [-0.05, 0) is 30.0 Å². The van der Waals surface area contributed by atoms with Gasteiger partial charge >= 0.3 is 0 Å². The number of aryl methyl sites for hydroxylation is 2. The van der Waals surface area contributed by atoms with Crippen LogP contribution in [-0.2, 0) is 7.05 Å². The Morgan fingerprint density at radius 2 is 1.92 bits per heavy atom. The van der Waals surface area contributed by atoms with Crippen LogP contribution in [-0.4, -0.2) is 22.2 Å². The van der Waals surface area contributed by atoms with Crippen molar-refractivity contribution in [2.45, 2.75) is 32.7 Å². The minimum absolute atomic E-state index is 0.0881. The van der Waals surface area contributed by atoms with Crippen molar-refractivity contribution in [2.75, 3.05) is 6.54 Å². The Labute approximate surface area is 151 Å². The summed E-state index contributed by atoms with van der Waals surface area (Å²) in [4.78, 5) is 14.1. The molecule has 0 saturated heterocycles. The Kier molecular flexibility index (Phi) is 4.92. The van der Waals surface area contributed by atoms with Crippen LogP contribution in [0.3, 0.4) is 0 Å². The standard InChI is InChI=1S/C19H24N4OS/c1-11(2)13-5-7-14(8-6-13)16(20)10-21-18(24)17-9-15-12(3)22-23(4)19(15)25-17/h5-9,11,16H,10,20H2,1-4H3,(H,21,24). The van der Waals surface area contributed by atoms with Crippen LogP contribution in [0.4, 0.5) is 0 Å². The lowest BCUT2D eigenvalue weighted by atomic mass is 9.99. The fourth-order valence-electron chi connectivity index (χ4n) is 2.85. The van der Waals surface area contributed by atoms with E-state index in [0.29, 0.717) is 17.3 Å². The Morgan fingerprint density at radius 3 is 2.52 bits per heavy atom. The van der Waals surface area contributed by atoms with Crippen molar-refractivity contribution in [3.05, 3.63) is 52.0 Å². The number of carbonyl (C=O) groups excluding carboxylic acids is 1. The summed E-state index contributed by atoms with van der Waals surface area (Å²) in [5, 5.41) is 8.33. The van der Waals surface area contributed by atoms with E-state index in [1.54, 1.807) is 0 Å². The third-order valence-corrected chi connectivity index (χ3v) is 5.63. The predicted octanol–water partition coefficient (Wildman–Crippen LogP) is 3.50. The first-order valence-corrected chi connectivity index (χ1v) is 9.25. The van der Waals surface area contributed by atoms with E-state index in [-0.39, 0.29) is 11.9 Å². The predicted molar refractivity (Wildman–Crippen MR) is 103 cm³/mol. The van der Waals surface area contributed by atoms with Gasteiger partial charge < -0.3 is 11.1 Å². The van der Waals surface area contributed by atoms with Gasteiger partial charge in [-0.15, -0.1) is 11.3 Å². The lowest BCUT2D eigenvalue weighted by molar-refractivity contribution is 0.0955. The van der Waals surface area contributed by atoms with Crippen LogP contribution in [0.2, 0.25) is 0 Å². The molecule has 0 fully saturated rings. The molecular formula is C19H24N4OS. The number of nitrogens with one attached hydrogen (secondary N) is 1. The van der Waals surface area contributed by atoms with Crippen LogP contribution in [0.15, 0.2) is 30.3 Å². The third kappa shape index (κ3) is 3.60. The number of fused-ring (bicyclic) bond motifs is 1. The number of aromatic nitrogens is 2. The fourth-order valence-corrected chi connectivity index (χ4v) is 3.89. The largest absolute Gasteiger partial charge is 0.349 e. The van der Waals surface area contributed by atoms with Crippen molar-refractivity contribution < 1.29 is 4.79 Å². The van der Waals surface area contributed by atoms with Gasteiger partial charge in [-0.1, -0.05) is 38.1 Å². The highest BCUT2D eigenvalue weighted by Crippen LogP contribution is 2.27. The third-order valence-electron chi connectivity index (χ3n) is 4.43. The molecule has 3 rings (SSSR count). The molecule has 3 N–H and O–H groups in total. The average molecular weight is 356 g/mol. The van der Waals surface area contributed by atoms with Gasteiger partial charge in [0.2, 0.25) is 0 Å². The van der Waals surface area contributed by atoms with Gasteiger partial charge in [0.15, 0.2) is 0 Å². The van der Waals surface area contributed by atoms with Crippen LogP contribution >= 0.6 is 11.3 Å². The molecule has 0 aliphatic heterocycles. The monoisotopic (exact) mass is 356 g/mol. The lowest BCUT2D eigenvalue weighted by Crippen LogP contribution is -2.31. The maximum absolute atomic E-state index is 12.4. The van der Waals surface area contributed by atoms with E-state index in [2.05, 4.69) is 36.4 Å². The summed E-state index contributed by atoms with van der Waals surface area (Å²) in [6.45, 7) is 6.69. The van der Waals surface area contributed by atoms with E-state index >= 15 is 0 Å². The summed E-state index contributed by atoms with van der Waals surface area (Å²) in [6, 6.07) is 9.97. The van der Waals surface area contributed by atoms with Gasteiger partial charge in [-0.3, -0.25) is 9.48 Å². The second-order valence-electron chi connectivity index (χ2n) is 6.68. The minimum Gasteiger partial charge on any atom is -0.349 e. The zero-order valence-electron chi connectivity index (χ0n) is 15.0. The Hall–Kier alpha value is -2.18. The van der Waals surface area contributed by atoms with Gasteiger partial charge in [0.1, 0.15) is 4.83 Å². The summed E-state index contributed by atoms with van der Waals surface area (Å²) in [6.07, 6.45) is 0. The van der Waals surface area contributed by atoms with Gasteiger partial charge in [0.25, 0.3) is 5.91 Å². The molecule has 132 valence electrons. The molecule has 5 nitrogen and oxygen atoms in total. The van der Waals surface area contributed by atoms with Crippen molar-refractivity contribution in [3.63, 3.8) is 0 Å². The number of amides is 1. The SMILES string of the molecule is Cc1nn(C)c2sc(C(=O)NCC(N)c3ccc(C(C)C)cc3)cc12. The Morgan fingerprint density at radius 1 is 1.28 bits per heavy atom. The summed E-state index contributed by atoms with van der Waals surface area (Å²) < 4.78 is 1.81. The smallest absolute Gasteiger partial charge is 0.261 e. The molecule has 2 heterocycles. The number of thiophene rings is 1. The molecule has 0 aliphatic carbocycles. The quantitative estimate of drug-likeness (QED) is 0.735. The molecular weight excluding hydrogens is 332 g/mol. The van der Waals surface area contributed by atoms with Crippen LogP contribution in [0, 0.1) is 6.92 Å². The molecule has 1 amide bonds. The summed E-state index contributed by atoms with van der Waals surface area (Å²) in [5.74, 6) is 0.408. The first kappa shape index (κ1) is 17.6. The lowest BCUT2D eigenvalue weighted by Gasteiger charge is -2.14. The van der Waals surface area contributed by atoms with Crippen molar-refractivity contribution in [1.82, 2.24) is 15.1 Å². The average Bonchev–Trinajstić information content (AvgIpc) is 3.14. The minimum atomic E-state index is -0.219. The van der Waals surface area contributed by atoms with Gasteiger partial charge in [-0.25, -0.2) is 0 Å². The summed E-state index contributed by atoms with van der Waals surface area (Å²) in [5.41, 5.74) is 9.48. The number of rotatable bonds is 5. The zero-order chi connectivity index (χ0) is 18.1. The van der Waals surface area contributed by atoms with E-state index < -0.39 is 0 Å². The molecule has 1 aromatic carbocycles. The molecule has 25 heavy (non-hydrogen) atoms. The van der Waals surface area contributed by atoms with Gasteiger partial charge in [-0.2, -0.15) is 5.10 Å². The molecule has 0 bridgehead atoms. The molecule has 0 saturated carbocycles. The van der Waals surface area contributed by atoms with Crippen molar-refractivity contribution in [3.8, 4) is 0 Å². The molecule has 1 atom stereocenters. The van der Waals surface area contributed by atoms with E-state index in [1.165, 1.54) is 16.9 Å². The van der Waals surface area contributed by atoms with Crippen LogP contribution in [0.1, 0.15) is 52.3 Å². The highest BCUT2D eigenvalue weighted by molar-refractivity contribution is 7.20. The first-order valence-electron chi connectivity index (χ1n) is 8.43.